The topological polar surface area (TPSA) is 222 Å². The highest BCUT2D eigenvalue weighted by Crippen LogP contribution is 2.47. The van der Waals surface area contributed by atoms with Crippen molar-refractivity contribution in [2.45, 2.75) is 0 Å². The van der Waals surface area contributed by atoms with Gasteiger partial charge in [-0.1, -0.05) is 146 Å². The summed E-state index contributed by atoms with van der Waals surface area (Å²) in [6, 6.07) is 116. The minimum absolute atomic E-state index is 0.538. The molecule has 0 fully saturated rings. The van der Waals surface area contributed by atoms with E-state index in [2.05, 4.69) is 301 Å². The second-order valence-corrected chi connectivity index (χ2v) is 31.1. The van der Waals surface area contributed by atoms with E-state index in [0.717, 1.165) is 200 Å². The first-order valence-electron chi connectivity index (χ1n) is 41.8. The predicted octanol–water partition coefficient (Wildman–Crippen LogP) is 24.9. The van der Waals surface area contributed by atoms with Crippen LogP contribution in [0.15, 0.2) is 402 Å². The molecule has 18 heteroatoms. The first-order chi connectivity index (χ1) is 63.4. The van der Waals surface area contributed by atoms with Crippen molar-refractivity contribution in [1.29, 1.82) is 10.5 Å². The number of rotatable bonds is 14. The summed E-state index contributed by atoms with van der Waals surface area (Å²) in [5.74, 6) is 2.50. The summed E-state index contributed by atoms with van der Waals surface area (Å²) in [4.78, 5) is 56.9. The lowest BCUT2D eigenvalue weighted by Crippen LogP contribution is -2.05. The Kier molecular flexibility index (Phi) is 18.5. The maximum Gasteiger partial charge on any atom is 0.159 e. The van der Waals surface area contributed by atoms with Crippen LogP contribution in [0.2, 0.25) is 0 Å². The summed E-state index contributed by atoms with van der Waals surface area (Å²) < 4.78 is 9.16. The van der Waals surface area contributed by atoms with Gasteiger partial charge >= 0.3 is 0 Å². The standard InChI is InChI=1S/C58H36N6.C52H30N12/c59-35-38-14-11-19-43(32-38)58-56(63-52-26-9-7-20-44(52)46-33-41(28-30-54(46)63)50-24-12-22-48(61-50)39-15-3-1-4-16-39)36-60-37-57(58)64-53-27-10-8-21-45(53)47-34-42(29-31-55(47)64)51-25-13-23-49(62-51)40-17-5-2-6-18-40;53-29-32-6-1-7-33(24-32)48-46(63-42-12-8-34(49-55-16-2-17-56-49)25-38(42)39-26-35(9-13-43(39)63)50-57-18-3-19-58-50)30-54-31-47(48)64-44-14-10-36(51-59-20-4-21-60-51)27-40(44)41-28-37(11-15-45(41)64)52-61-22-5-23-62-52/h1-34,36-37H;1-28,30-31H. The smallest absolute Gasteiger partial charge is 0.159 e. The Balaban J connectivity index is 0.000000146. The van der Waals surface area contributed by atoms with Crippen LogP contribution in [0.3, 0.4) is 0 Å². The molecule has 12 heterocycles. The number of nitrogens with zero attached hydrogens (tertiary/aromatic N) is 18. The number of aromatic nitrogens is 16. The summed E-state index contributed by atoms with van der Waals surface area (Å²) >= 11 is 0. The largest absolute Gasteiger partial charge is 0.307 e. The fourth-order valence-electron chi connectivity index (χ4n) is 18.1. The van der Waals surface area contributed by atoms with Crippen molar-refractivity contribution < 1.29 is 0 Å². The van der Waals surface area contributed by atoms with Gasteiger partial charge in [-0.15, -0.1) is 0 Å². The van der Waals surface area contributed by atoms with Crippen LogP contribution in [-0.4, -0.2) is 78.1 Å². The number of fused-ring (bicyclic) bond motifs is 12. The van der Waals surface area contributed by atoms with Crippen LogP contribution in [-0.2, 0) is 0 Å². The molecule has 128 heavy (non-hydrogen) atoms. The fraction of sp³-hybridized carbons (Fsp3) is 0. The summed E-state index contributed by atoms with van der Waals surface area (Å²) in [6.07, 6.45) is 21.7. The van der Waals surface area contributed by atoms with Gasteiger partial charge < -0.3 is 18.3 Å². The van der Waals surface area contributed by atoms with Crippen LogP contribution in [0.25, 0.3) is 223 Å². The number of pyridine rings is 4. The van der Waals surface area contributed by atoms with Crippen molar-refractivity contribution in [2.75, 3.05) is 0 Å². The lowest BCUT2D eigenvalue weighted by molar-refractivity contribution is 1.09. The molecule has 0 saturated heterocycles. The Morgan fingerprint density at radius 1 is 0.195 bits per heavy atom. The van der Waals surface area contributed by atoms with E-state index in [-0.39, 0.29) is 0 Å². The van der Waals surface area contributed by atoms with Crippen LogP contribution >= 0.6 is 0 Å². The summed E-state index contributed by atoms with van der Waals surface area (Å²) in [7, 11) is 0. The summed E-state index contributed by atoms with van der Waals surface area (Å²) in [5, 5.41) is 28.9. The SMILES string of the molecule is N#Cc1cccc(-c2c(-n3c4ccc(-c5ncccn5)cc4c4cc(-c5ncccn5)ccc43)cncc2-n2c3ccc(-c4ncccn4)cc3c3cc(-c4ncccn4)ccc32)c1.N#Cc1cccc(-c2c(-n3c4ccccc4c4cc(-c5cccc(-c6ccccc6)n5)ccc43)cncc2-n2c3ccccc3c3cc(-c4cccc(-c5ccccc5)n4)ccc32)c1. The van der Waals surface area contributed by atoms with Crippen molar-refractivity contribution in [2.24, 2.45) is 0 Å². The second-order valence-electron chi connectivity index (χ2n) is 31.1. The highest BCUT2D eigenvalue weighted by Gasteiger charge is 2.28. The molecule has 0 bridgehead atoms. The van der Waals surface area contributed by atoms with Gasteiger partial charge in [0.2, 0.25) is 0 Å². The van der Waals surface area contributed by atoms with Gasteiger partial charge in [-0.2, -0.15) is 10.5 Å². The van der Waals surface area contributed by atoms with E-state index >= 15 is 0 Å². The second kappa shape index (κ2) is 31.6. The zero-order valence-electron chi connectivity index (χ0n) is 68.2. The average Bonchev–Trinajstić information content (AvgIpc) is 1.56. The molecule has 0 saturated carbocycles. The van der Waals surface area contributed by atoms with E-state index in [1.165, 1.54) is 0 Å². The number of hydrogen-bond acceptors (Lipinski definition) is 14. The van der Waals surface area contributed by atoms with Crippen molar-refractivity contribution in [1.82, 2.24) is 78.1 Å². The molecule has 18 nitrogen and oxygen atoms in total. The first-order valence-corrected chi connectivity index (χ1v) is 41.8. The third-order valence-electron chi connectivity index (χ3n) is 23.7. The Labute approximate surface area is 732 Å². The molecular weight excluding hydrogens is 1570 g/mol. The minimum atomic E-state index is 0.538. The van der Waals surface area contributed by atoms with Gasteiger partial charge in [-0.25, -0.2) is 49.8 Å². The molecule has 24 rings (SSSR count). The molecule has 0 aliphatic carbocycles. The molecular formula is C110H66N18. The minimum Gasteiger partial charge on any atom is -0.307 e. The monoisotopic (exact) mass is 1640 g/mol. The Bertz CT molecular complexity index is 7960. The summed E-state index contributed by atoms with van der Waals surface area (Å²) in [5.41, 5.74) is 27.6. The quantitative estimate of drug-likeness (QED) is 0.0988. The van der Waals surface area contributed by atoms with Crippen molar-refractivity contribution in [3.8, 4) is 148 Å². The van der Waals surface area contributed by atoms with Crippen LogP contribution in [0.5, 0.6) is 0 Å². The van der Waals surface area contributed by atoms with E-state index < -0.39 is 0 Å². The predicted molar refractivity (Wildman–Crippen MR) is 508 cm³/mol. The Morgan fingerprint density at radius 2 is 0.445 bits per heavy atom. The van der Waals surface area contributed by atoms with E-state index in [1.54, 1.807) is 49.6 Å². The van der Waals surface area contributed by atoms with Gasteiger partial charge in [0.15, 0.2) is 23.3 Å². The molecule has 0 aliphatic rings. The average molecular weight is 1640 g/mol. The molecule has 596 valence electrons. The zero-order valence-corrected chi connectivity index (χ0v) is 68.2. The molecule has 12 aromatic heterocycles. The van der Waals surface area contributed by atoms with E-state index in [0.29, 0.717) is 34.4 Å². The van der Waals surface area contributed by atoms with Gasteiger partial charge in [0.1, 0.15) is 0 Å². The van der Waals surface area contributed by atoms with Crippen LogP contribution in [0.4, 0.5) is 0 Å². The van der Waals surface area contributed by atoms with Crippen LogP contribution in [0.1, 0.15) is 11.1 Å². The number of hydrogen-bond donors (Lipinski definition) is 0. The van der Waals surface area contributed by atoms with Gasteiger partial charge in [-0.3, -0.25) is 9.97 Å². The molecule has 0 spiro atoms. The highest BCUT2D eigenvalue weighted by atomic mass is 15.1. The van der Waals surface area contributed by atoms with Crippen LogP contribution in [0, 0.1) is 22.7 Å². The van der Waals surface area contributed by atoms with Crippen molar-refractivity contribution >= 4 is 87.2 Å². The molecule has 12 aromatic carbocycles. The van der Waals surface area contributed by atoms with Gasteiger partial charge in [-0.05, 0) is 193 Å². The molecule has 0 atom stereocenters. The maximum atomic E-state index is 10.2. The Hall–Kier alpha value is -18.3. The summed E-state index contributed by atoms with van der Waals surface area (Å²) in [6.45, 7) is 0. The van der Waals surface area contributed by atoms with E-state index in [4.69, 9.17) is 19.9 Å². The molecule has 24 aromatic rings. The van der Waals surface area contributed by atoms with E-state index in [9.17, 15) is 10.5 Å². The van der Waals surface area contributed by atoms with Gasteiger partial charge in [0, 0.05) is 148 Å². The molecule has 0 unspecified atom stereocenters. The van der Waals surface area contributed by atoms with Gasteiger partial charge in [0.25, 0.3) is 0 Å². The normalized spacial score (nSPS) is 11.4. The Morgan fingerprint density at radius 3 is 0.758 bits per heavy atom. The molecule has 0 amide bonds. The highest BCUT2D eigenvalue weighted by molar-refractivity contribution is 6.16. The fourth-order valence-corrected chi connectivity index (χ4v) is 18.1. The lowest BCUT2D eigenvalue weighted by atomic mass is 10.0. The first kappa shape index (κ1) is 74.8. The maximum absolute atomic E-state index is 10.2. The van der Waals surface area contributed by atoms with Gasteiger partial charge in [0.05, 0.1) is 138 Å². The van der Waals surface area contributed by atoms with Crippen molar-refractivity contribution in [3.63, 3.8) is 0 Å². The van der Waals surface area contributed by atoms with E-state index in [1.807, 2.05) is 122 Å². The number of para-hydroxylation sites is 2. The third kappa shape index (κ3) is 13.1. The zero-order chi connectivity index (χ0) is 85.1. The lowest BCUT2D eigenvalue weighted by Gasteiger charge is -2.20. The van der Waals surface area contributed by atoms with Crippen molar-refractivity contribution in [3.05, 3.63) is 413 Å². The third-order valence-corrected chi connectivity index (χ3v) is 23.7. The van der Waals surface area contributed by atoms with Crippen LogP contribution < -0.4 is 0 Å². The number of nitriles is 2. The molecule has 0 radical (unpaired) electrons. The molecule has 0 aliphatic heterocycles. The number of benzene rings is 12. The molecule has 0 N–H and O–H groups in total.